The molecule has 2 N–H and O–H groups in total. The van der Waals surface area contributed by atoms with E-state index in [2.05, 4.69) is 20.6 Å². The summed E-state index contributed by atoms with van der Waals surface area (Å²) in [6.07, 6.45) is 1.45. The number of esters is 1. The molecule has 0 fully saturated rings. The molecule has 0 atom stereocenters. The van der Waals surface area contributed by atoms with Gasteiger partial charge in [-0.2, -0.15) is 0 Å². The van der Waals surface area contributed by atoms with Crippen LogP contribution < -0.4 is 10.9 Å². The molecule has 0 amide bonds. The normalized spacial score (nSPS) is 10.8. The fourth-order valence-corrected chi connectivity index (χ4v) is 2.40. The quantitative estimate of drug-likeness (QED) is 0.689. The topological polar surface area (TPSA) is 101 Å². The lowest BCUT2D eigenvalue weighted by molar-refractivity contribution is 0.0526. The molecule has 8 nitrogen and oxygen atoms in total. The number of aromatic nitrogens is 4. The molecule has 8 heteroatoms. The third-order valence-corrected chi connectivity index (χ3v) is 3.70. The Balaban J connectivity index is 1.76. The maximum Gasteiger partial charge on any atom is 0.338 e. The van der Waals surface area contributed by atoms with E-state index in [0.717, 1.165) is 11.3 Å². The molecular formula is C16H17N5O3. The zero-order valence-corrected chi connectivity index (χ0v) is 13.4. The van der Waals surface area contributed by atoms with Crippen LogP contribution in [-0.2, 0) is 11.3 Å². The number of nitrogens with zero attached hydrogens (tertiary/aromatic N) is 3. The van der Waals surface area contributed by atoms with E-state index in [1.165, 1.54) is 10.8 Å². The number of carbonyl (C=O) groups excluding carboxylic acids is 1. The Morgan fingerprint density at radius 1 is 1.33 bits per heavy atom. The second kappa shape index (κ2) is 6.53. The van der Waals surface area contributed by atoms with E-state index < -0.39 is 0 Å². The van der Waals surface area contributed by atoms with Crippen molar-refractivity contribution in [2.24, 2.45) is 0 Å². The van der Waals surface area contributed by atoms with Crippen LogP contribution in [-0.4, -0.2) is 32.4 Å². The summed E-state index contributed by atoms with van der Waals surface area (Å²) in [5.74, 6) is -0.353. The van der Waals surface area contributed by atoms with Gasteiger partial charge in [0.05, 0.1) is 12.2 Å². The Morgan fingerprint density at radius 2 is 2.08 bits per heavy atom. The first-order valence-electron chi connectivity index (χ1n) is 7.52. The number of nitrogens with one attached hydrogen (secondary N) is 2. The smallest absolute Gasteiger partial charge is 0.338 e. The monoisotopic (exact) mass is 327 g/mol. The zero-order valence-electron chi connectivity index (χ0n) is 13.4. The largest absolute Gasteiger partial charge is 0.462 e. The first-order valence-corrected chi connectivity index (χ1v) is 7.52. The van der Waals surface area contributed by atoms with Crippen LogP contribution in [0.2, 0.25) is 0 Å². The van der Waals surface area contributed by atoms with Gasteiger partial charge in [-0.25, -0.2) is 9.31 Å². The Labute approximate surface area is 137 Å². The van der Waals surface area contributed by atoms with E-state index >= 15 is 0 Å². The highest BCUT2D eigenvalue weighted by molar-refractivity contribution is 5.89. The first kappa shape index (κ1) is 15.7. The summed E-state index contributed by atoms with van der Waals surface area (Å²) in [5, 5.41) is 13.6. The van der Waals surface area contributed by atoms with Gasteiger partial charge in [-0.1, -0.05) is 0 Å². The number of aromatic amines is 1. The lowest BCUT2D eigenvalue weighted by Crippen LogP contribution is -2.21. The first-order chi connectivity index (χ1) is 11.6. The van der Waals surface area contributed by atoms with Crippen LogP contribution in [0.15, 0.2) is 35.4 Å². The van der Waals surface area contributed by atoms with Crippen LogP contribution in [0.1, 0.15) is 28.4 Å². The minimum absolute atomic E-state index is 0.199. The molecule has 3 rings (SSSR count). The molecule has 0 spiro atoms. The lowest BCUT2D eigenvalue weighted by atomic mass is 10.1. The van der Waals surface area contributed by atoms with E-state index in [4.69, 9.17) is 4.74 Å². The average molecular weight is 327 g/mol. The van der Waals surface area contributed by atoms with Crippen molar-refractivity contribution in [1.29, 1.82) is 0 Å². The predicted octanol–water partition coefficient (Wildman–Crippen LogP) is 1.51. The maximum absolute atomic E-state index is 12.2. The maximum atomic E-state index is 12.2. The number of aryl methyl sites for hydroxylation is 1. The molecule has 0 saturated carbocycles. The summed E-state index contributed by atoms with van der Waals surface area (Å²) >= 11 is 0. The van der Waals surface area contributed by atoms with Crippen molar-refractivity contribution >= 4 is 17.3 Å². The number of rotatable bonds is 5. The fraction of sp³-hybridized carbons (Fsp3) is 0.250. The Kier molecular flexibility index (Phi) is 4.28. The number of H-pyrrole nitrogens is 1. The van der Waals surface area contributed by atoms with E-state index in [1.807, 2.05) is 6.92 Å². The van der Waals surface area contributed by atoms with Gasteiger partial charge in [-0.3, -0.25) is 9.89 Å². The summed E-state index contributed by atoms with van der Waals surface area (Å²) in [5.41, 5.74) is 3.06. The van der Waals surface area contributed by atoms with Crippen LogP contribution in [0.25, 0.3) is 5.65 Å². The molecule has 3 aromatic rings. The minimum atomic E-state index is -0.353. The van der Waals surface area contributed by atoms with Gasteiger partial charge >= 0.3 is 5.97 Å². The number of fused-ring (bicyclic) bond motifs is 1. The second-order valence-electron chi connectivity index (χ2n) is 5.22. The molecule has 0 unspecified atom stereocenters. The standard InChI is InChI=1S/C16H17N5O3/c1-3-24-16(23)11-4-6-12(7-5-11)17-8-13-10(2)14-19-18-9-21(14)20-15(13)22/h4-7,9,17H,3,8H2,1-2H3,(H,20,22). The summed E-state index contributed by atoms with van der Waals surface area (Å²) < 4.78 is 6.44. The van der Waals surface area contributed by atoms with Gasteiger partial charge in [-0.15, -0.1) is 10.2 Å². The van der Waals surface area contributed by atoms with Crippen molar-refractivity contribution in [3.8, 4) is 0 Å². The van der Waals surface area contributed by atoms with Gasteiger partial charge in [0.2, 0.25) is 0 Å². The summed E-state index contributed by atoms with van der Waals surface area (Å²) in [4.78, 5) is 23.8. The molecule has 2 heterocycles. The van der Waals surface area contributed by atoms with Crippen LogP contribution in [0, 0.1) is 6.92 Å². The van der Waals surface area contributed by atoms with Crippen molar-refractivity contribution in [2.45, 2.75) is 20.4 Å². The Morgan fingerprint density at radius 3 is 2.79 bits per heavy atom. The molecule has 0 radical (unpaired) electrons. The van der Waals surface area contributed by atoms with Crippen molar-refractivity contribution in [3.63, 3.8) is 0 Å². The SMILES string of the molecule is CCOC(=O)c1ccc(NCc2c(C)c3nncn3[nH]c2=O)cc1. The highest BCUT2D eigenvalue weighted by Crippen LogP contribution is 2.13. The van der Waals surface area contributed by atoms with Gasteiger partial charge in [0.25, 0.3) is 5.56 Å². The molecule has 0 bridgehead atoms. The summed E-state index contributed by atoms with van der Waals surface area (Å²) in [6.45, 7) is 4.27. The van der Waals surface area contributed by atoms with Crippen LogP contribution >= 0.6 is 0 Å². The Bertz CT molecular complexity index is 927. The number of hydrogen-bond acceptors (Lipinski definition) is 6. The second-order valence-corrected chi connectivity index (χ2v) is 5.22. The third-order valence-electron chi connectivity index (χ3n) is 3.70. The molecule has 24 heavy (non-hydrogen) atoms. The summed E-state index contributed by atoms with van der Waals surface area (Å²) in [7, 11) is 0. The van der Waals surface area contributed by atoms with Crippen molar-refractivity contribution in [2.75, 3.05) is 11.9 Å². The zero-order chi connectivity index (χ0) is 17.1. The van der Waals surface area contributed by atoms with Crippen molar-refractivity contribution < 1.29 is 9.53 Å². The minimum Gasteiger partial charge on any atom is -0.462 e. The van der Waals surface area contributed by atoms with Gasteiger partial charge in [0.1, 0.15) is 6.33 Å². The van der Waals surface area contributed by atoms with Crippen molar-refractivity contribution in [1.82, 2.24) is 19.8 Å². The number of anilines is 1. The van der Waals surface area contributed by atoms with Crippen molar-refractivity contribution in [3.05, 3.63) is 57.6 Å². The van der Waals surface area contributed by atoms with Crippen LogP contribution in [0.4, 0.5) is 5.69 Å². The van der Waals surface area contributed by atoms with Gasteiger partial charge in [0, 0.05) is 23.4 Å². The fourth-order valence-electron chi connectivity index (χ4n) is 2.40. The van der Waals surface area contributed by atoms with E-state index in [1.54, 1.807) is 31.2 Å². The predicted molar refractivity (Wildman–Crippen MR) is 88.1 cm³/mol. The molecule has 124 valence electrons. The Hall–Kier alpha value is -3.16. The average Bonchev–Trinajstić information content (AvgIpc) is 3.04. The number of hydrogen-bond donors (Lipinski definition) is 2. The molecule has 0 saturated heterocycles. The third kappa shape index (κ3) is 2.98. The number of benzene rings is 1. The van der Waals surface area contributed by atoms with Crippen LogP contribution in [0.5, 0.6) is 0 Å². The van der Waals surface area contributed by atoms with E-state index in [0.29, 0.717) is 29.9 Å². The molecular weight excluding hydrogens is 310 g/mol. The number of carbonyl (C=O) groups is 1. The molecule has 0 aliphatic heterocycles. The molecule has 2 aromatic heterocycles. The van der Waals surface area contributed by atoms with Crippen LogP contribution in [0.3, 0.4) is 0 Å². The number of ether oxygens (including phenoxy) is 1. The van der Waals surface area contributed by atoms with E-state index in [-0.39, 0.29) is 11.5 Å². The van der Waals surface area contributed by atoms with Gasteiger partial charge in [0.15, 0.2) is 5.65 Å². The van der Waals surface area contributed by atoms with Gasteiger partial charge < -0.3 is 10.1 Å². The summed E-state index contributed by atoms with van der Waals surface area (Å²) in [6, 6.07) is 6.90. The van der Waals surface area contributed by atoms with E-state index in [9.17, 15) is 9.59 Å². The van der Waals surface area contributed by atoms with Gasteiger partial charge in [-0.05, 0) is 38.1 Å². The lowest BCUT2D eigenvalue weighted by Gasteiger charge is -2.09. The molecule has 0 aliphatic rings. The highest BCUT2D eigenvalue weighted by atomic mass is 16.5. The molecule has 0 aliphatic carbocycles. The molecule has 1 aromatic carbocycles. The highest BCUT2D eigenvalue weighted by Gasteiger charge is 2.11.